The molecular weight excluding hydrogens is 218 g/mol. The molecule has 2 unspecified atom stereocenters. The van der Waals surface area contributed by atoms with Crippen molar-refractivity contribution in [3.8, 4) is 0 Å². The highest BCUT2D eigenvalue weighted by Crippen LogP contribution is 2.52. The van der Waals surface area contributed by atoms with Crippen LogP contribution in [0.25, 0.3) is 0 Å². The van der Waals surface area contributed by atoms with Crippen LogP contribution >= 0.6 is 0 Å². The van der Waals surface area contributed by atoms with Crippen LogP contribution in [0.4, 0.5) is 0 Å². The Kier molecular flexibility index (Phi) is 5.65. The number of rotatable bonds is 6. The van der Waals surface area contributed by atoms with Gasteiger partial charge in [0.2, 0.25) is 0 Å². The Bertz CT molecular complexity index is 288. The van der Waals surface area contributed by atoms with Crippen molar-refractivity contribution in [1.29, 1.82) is 0 Å². The molecule has 1 saturated carbocycles. The molecule has 0 saturated heterocycles. The molecule has 0 radical (unpaired) electrons. The van der Waals surface area contributed by atoms with Gasteiger partial charge in [-0.25, -0.2) is 0 Å². The lowest BCUT2D eigenvalue weighted by molar-refractivity contribution is 0.00592. The Morgan fingerprint density at radius 1 is 1.35 bits per heavy atom. The molecule has 98 valence electrons. The maximum atomic E-state index is 5.89. The molecule has 0 aromatic rings. The van der Waals surface area contributed by atoms with Crippen LogP contribution in [-0.2, 0) is 14.2 Å². The van der Waals surface area contributed by atoms with E-state index >= 15 is 0 Å². The van der Waals surface area contributed by atoms with E-state index in [4.69, 9.17) is 14.2 Å². The van der Waals surface area contributed by atoms with Gasteiger partial charge < -0.3 is 14.2 Å². The summed E-state index contributed by atoms with van der Waals surface area (Å²) in [6.45, 7) is 5.44. The number of fused-ring (bicyclic) bond motifs is 1. The quantitative estimate of drug-likeness (QED) is 0.670. The Balaban J connectivity index is 0.000000686. The monoisotopic (exact) mass is 241 g/mol. The first-order valence-corrected chi connectivity index (χ1v) is 6.24. The molecule has 2 aliphatic rings. The van der Waals surface area contributed by atoms with Crippen molar-refractivity contribution in [3.63, 3.8) is 0 Å². The van der Waals surface area contributed by atoms with Gasteiger partial charge in [-0.2, -0.15) is 0 Å². The van der Waals surface area contributed by atoms with Gasteiger partial charge in [0, 0.05) is 25.8 Å². The number of hydrogen-bond donors (Lipinski definition) is 0. The standard InChI is InChI=1S/C11H17NO3.C2H6/c1-13-4-3-5-15-11-6-9(11)7-12-8-10(11)14-2;1-2/h7-9H,3-6H2,1-2H3;1-2H3. The van der Waals surface area contributed by atoms with Crippen LogP contribution in [0.3, 0.4) is 0 Å². The summed E-state index contributed by atoms with van der Waals surface area (Å²) < 4.78 is 16.2. The van der Waals surface area contributed by atoms with Crippen molar-refractivity contribution < 1.29 is 14.2 Å². The van der Waals surface area contributed by atoms with Crippen molar-refractivity contribution in [2.24, 2.45) is 10.9 Å². The van der Waals surface area contributed by atoms with Gasteiger partial charge >= 0.3 is 0 Å². The minimum Gasteiger partial charge on any atom is -0.496 e. The Morgan fingerprint density at radius 2 is 2.12 bits per heavy atom. The summed E-state index contributed by atoms with van der Waals surface area (Å²) in [4.78, 5) is 4.12. The maximum absolute atomic E-state index is 5.89. The lowest BCUT2D eigenvalue weighted by atomic mass is 10.2. The molecule has 17 heavy (non-hydrogen) atoms. The maximum Gasteiger partial charge on any atom is 0.146 e. The third-order valence-corrected chi connectivity index (χ3v) is 2.91. The summed E-state index contributed by atoms with van der Waals surface area (Å²) in [5.41, 5.74) is -0.204. The largest absolute Gasteiger partial charge is 0.496 e. The van der Waals surface area contributed by atoms with E-state index < -0.39 is 0 Å². The lowest BCUT2D eigenvalue weighted by Gasteiger charge is -2.21. The van der Waals surface area contributed by atoms with E-state index in [0.29, 0.717) is 12.5 Å². The summed E-state index contributed by atoms with van der Waals surface area (Å²) in [6, 6.07) is 0. The molecule has 4 heteroatoms. The van der Waals surface area contributed by atoms with Crippen molar-refractivity contribution in [2.75, 3.05) is 27.4 Å². The highest BCUT2D eigenvalue weighted by atomic mass is 16.5. The Hall–Kier alpha value is -0.870. The molecule has 1 heterocycles. The molecule has 1 aliphatic carbocycles. The predicted molar refractivity (Wildman–Crippen MR) is 68.2 cm³/mol. The zero-order chi connectivity index (χ0) is 12.7. The number of aliphatic imine (C=N–C) groups is 1. The van der Waals surface area contributed by atoms with E-state index in [-0.39, 0.29) is 5.60 Å². The van der Waals surface area contributed by atoms with Gasteiger partial charge in [0.05, 0.1) is 19.9 Å². The van der Waals surface area contributed by atoms with Crippen LogP contribution in [0.2, 0.25) is 0 Å². The minimum absolute atomic E-state index is 0.204. The molecule has 0 amide bonds. The second kappa shape index (κ2) is 6.77. The van der Waals surface area contributed by atoms with Gasteiger partial charge in [-0.15, -0.1) is 0 Å². The van der Waals surface area contributed by atoms with Crippen molar-refractivity contribution in [3.05, 3.63) is 12.0 Å². The second-order valence-electron chi connectivity index (χ2n) is 3.89. The predicted octanol–water partition coefficient (Wildman–Crippen LogP) is 2.40. The van der Waals surface area contributed by atoms with Crippen LogP contribution in [0.5, 0.6) is 0 Å². The second-order valence-corrected chi connectivity index (χ2v) is 3.89. The summed E-state index contributed by atoms with van der Waals surface area (Å²) in [5.74, 6) is 1.26. The van der Waals surface area contributed by atoms with Gasteiger partial charge in [0.15, 0.2) is 0 Å². The highest BCUT2D eigenvalue weighted by Gasteiger charge is 2.60. The molecule has 2 atom stereocenters. The first-order valence-electron chi connectivity index (χ1n) is 6.24. The fourth-order valence-electron chi connectivity index (χ4n) is 1.97. The third kappa shape index (κ3) is 3.07. The van der Waals surface area contributed by atoms with Crippen molar-refractivity contribution in [1.82, 2.24) is 0 Å². The summed E-state index contributed by atoms with van der Waals surface area (Å²) in [6.07, 6.45) is 5.60. The van der Waals surface area contributed by atoms with Crippen molar-refractivity contribution >= 4 is 6.21 Å². The molecule has 0 N–H and O–H groups in total. The topological polar surface area (TPSA) is 40.0 Å². The van der Waals surface area contributed by atoms with Crippen LogP contribution in [0, 0.1) is 5.92 Å². The van der Waals surface area contributed by atoms with Crippen LogP contribution in [0.15, 0.2) is 17.0 Å². The SMILES string of the molecule is CC.COCCCOC12CC1C=NC=C2OC. The van der Waals surface area contributed by atoms with E-state index in [9.17, 15) is 0 Å². The number of hydrogen-bond acceptors (Lipinski definition) is 4. The molecule has 0 bridgehead atoms. The van der Waals surface area contributed by atoms with E-state index in [0.717, 1.165) is 25.2 Å². The van der Waals surface area contributed by atoms with E-state index in [1.807, 2.05) is 20.1 Å². The normalized spacial score (nSPS) is 28.7. The third-order valence-electron chi connectivity index (χ3n) is 2.91. The number of ether oxygens (including phenoxy) is 3. The molecule has 0 aromatic carbocycles. The molecule has 4 nitrogen and oxygen atoms in total. The Labute approximate surface area is 104 Å². The van der Waals surface area contributed by atoms with Crippen LogP contribution in [-0.4, -0.2) is 39.2 Å². The summed E-state index contributed by atoms with van der Waals surface area (Å²) in [5, 5.41) is 0. The summed E-state index contributed by atoms with van der Waals surface area (Å²) in [7, 11) is 3.37. The number of methoxy groups -OCH3 is 2. The summed E-state index contributed by atoms with van der Waals surface area (Å²) >= 11 is 0. The molecule has 2 rings (SSSR count). The smallest absolute Gasteiger partial charge is 0.146 e. The minimum atomic E-state index is -0.204. The molecule has 0 aromatic heterocycles. The van der Waals surface area contributed by atoms with Gasteiger partial charge in [0.1, 0.15) is 11.4 Å². The van der Waals surface area contributed by atoms with Crippen molar-refractivity contribution in [2.45, 2.75) is 32.3 Å². The van der Waals surface area contributed by atoms with Gasteiger partial charge in [-0.05, 0) is 12.8 Å². The van der Waals surface area contributed by atoms with E-state index in [2.05, 4.69) is 4.99 Å². The van der Waals surface area contributed by atoms with E-state index in [1.165, 1.54) is 0 Å². The van der Waals surface area contributed by atoms with Gasteiger partial charge in [0.25, 0.3) is 0 Å². The number of nitrogens with zero attached hydrogens (tertiary/aromatic N) is 1. The highest BCUT2D eigenvalue weighted by molar-refractivity contribution is 5.72. The molecular formula is C13H23NO3. The molecule has 1 aliphatic heterocycles. The average molecular weight is 241 g/mol. The molecule has 1 fully saturated rings. The molecule has 0 spiro atoms. The van der Waals surface area contributed by atoms with E-state index in [1.54, 1.807) is 20.4 Å². The van der Waals surface area contributed by atoms with Crippen LogP contribution < -0.4 is 0 Å². The average Bonchev–Trinajstić information content (AvgIpc) is 3.11. The van der Waals surface area contributed by atoms with Gasteiger partial charge in [-0.3, -0.25) is 4.99 Å². The van der Waals surface area contributed by atoms with Crippen LogP contribution in [0.1, 0.15) is 26.7 Å². The first kappa shape index (κ1) is 14.2. The first-order chi connectivity index (χ1) is 8.33. The Morgan fingerprint density at radius 3 is 2.76 bits per heavy atom. The zero-order valence-electron chi connectivity index (χ0n) is 11.2. The van der Waals surface area contributed by atoms with Gasteiger partial charge in [-0.1, -0.05) is 13.8 Å². The fourth-order valence-corrected chi connectivity index (χ4v) is 1.97. The fraction of sp³-hybridized carbons (Fsp3) is 0.769. The lowest BCUT2D eigenvalue weighted by Crippen LogP contribution is -2.25. The zero-order valence-corrected chi connectivity index (χ0v) is 11.2.